The largest absolute Gasteiger partial charge is 0.493 e. The number of ether oxygens (including phenoxy) is 7. The summed E-state index contributed by atoms with van der Waals surface area (Å²) in [4.78, 5) is 105. The molecule has 0 radical (unpaired) electrons. The van der Waals surface area contributed by atoms with Crippen molar-refractivity contribution in [2.45, 2.75) is 226 Å². The minimum atomic E-state index is -0.514. The number of ketones is 5. The highest BCUT2D eigenvalue weighted by molar-refractivity contribution is 6.10. The molecule has 0 aromatic heterocycles. The lowest BCUT2D eigenvalue weighted by molar-refractivity contribution is -0.151. The molecule has 19 nitrogen and oxygen atoms in total. The molecule has 1 fully saturated rings. The second-order valence-electron chi connectivity index (χ2n) is 24.7. The van der Waals surface area contributed by atoms with E-state index in [2.05, 4.69) is 42.1 Å². The van der Waals surface area contributed by atoms with Gasteiger partial charge in [0.1, 0.15) is 28.9 Å². The van der Waals surface area contributed by atoms with Crippen molar-refractivity contribution in [3.8, 4) is 11.5 Å². The van der Waals surface area contributed by atoms with E-state index in [9.17, 15) is 38.4 Å². The molecule has 5 atom stereocenters. The van der Waals surface area contributed by atoms with Gasteiger partial charge in [-0.25, -0.2) is 0 Å². The molecule has 2 aromatic rings. The van der Waals surface area contributed by atoms with Crippen molar-refractivity contribution in [1.82, 2.24) is 16.1 Å². The van der Waals surface area contributed by atoms with Crippen molar-refractivity contribution in [1.29, 1.82) is 0 Å². The number of benzene rings is 2. The smallest absolute Gasteiger partial charge is 0.324 e. The third-order valence-electron chi connectivity index (χ3n) is 17.5. The molecule has 91 heavy (non-hydrogen) atoms. The highest BCUT2D eigenvalue weighted by atomic mass is 16.7. The summed E-state index contributed by atoms with van der Waals surface area (Å²) < 4.78 is 39.5. The molecular formula is C72H113N3O16. The quantitative estimate of drug-likeness (QED) is 0.0241. The standard InChI is InChI=1S/C72H113N3O16/c1-8-19-54(29-31-60(77)22-13-14-37-90-70(81)27-12-11-20-57-48-58-21-15-26-65(73-6)64(58)49-55(57)9-2)30-32-69(80)74-34-35-75-91-71(82)28-18-38-89-68-47-53(5)63(51-67(68)84-7)52(4)46-61(78)33-39-86-41-43-88-45-44-87-42-40-85-36-17-24-59(76)23-16-25-62-66(79)50-56(10-3)72(62)83/h47-49,51-52,54,56,62,65,73,75H,8-46,50H2,1-7H3,(H,74,80). The van der Waals surface area contributed by atoms with E-state index in [1.54, 1.807) is 7.11 Å². The second-order valence-corrected chi connectivity index (χ2v) is 24.7. The van der Waals surface area contributed by atoms with Gasteiger partial charge in [0, 0.05) is 89.4 Å². The summed E-state index contributed by atoms with van der Waals surface area (Å²) in [5.74, 6) is 0.402. The van der Waals surface area contributed by atoms with Crippen molar-refractivity contribution >= 4 is 46.8 Å². The first-order chi connectivity index (χ1) is 44.1. The van der Waals surface area contributed by atoms with Crippen molar-refractivity contribution < 1.29 is 76.4 Å². The molecule has 2 aromatic carbocycles. The Labute approximate surface area is 543 Å². The molecule has 512 valence electrons. The Kier molecular flexibility index (Phi) is 39.9. The zero-order valence-corrected chi connectivity index (χ0v) is 56.5. The number of rotatable bonds is 54. The number of esters is 1. The monoisotopic (exact) mass is 1280 g/mol. The van der Waals surface area contributed by atoms with Crippen LogP contribution in [0.2, 0.25) is 0 Å². The van der Waals surface area contributed by atoms with Crippen LogP contribution in [-0.2, 0) is 86.1 Å². The summed E-state index contributed by atoms with van der Waals surface area (Å²) >= 11 is 0. The maximum Gasteiger partial charge on any atom is 0.324 e. The fraction of sp³-hybridized carbons (Fsp3) is 0.722. The van der Waals surface area contributed by atoms with E-state index in [-0.39, 0.29) is 91.1 Å². The van der Waals surface area contributed by atoms with Crippen LogP contribution in [0.25, 0.3) is 0 Å². The Morgan fingerprint density at radius 2 is 1.31 bits per heavy atom. The molecule has 19 heteroatoms. The summed E-state index contributed by atoms with van der Waals surface area (Å²) in [6, 6.07) is 9.04. The van der Waals surface area contributed by atoms with Crippen LogP contribution in [0.5, 0.6) is 11.5 Å². The van der Waals surface area contributed by atoms with Gasteiger partial charge in [-0.05, 0) is 174 Å². The Balaban J connectivity index is 0.929. The molecule has 1 saturated carbocycles. The number of Topliss-reactive ketones (excluding diaryl/α,β-unsaturated/α-hetero) is 5. The van der Waals surface area contributed by atoms with Crippen LogP contribution in [-0.4, -0.2) is 140 Å². The van der Waals surface area contributed by atoms with Crippen molar-refractivity contribution in [2.75, 3.05) is 93.3 Å². The summed E-state index contributed by atoms with van der Waals surface area (Å²) in [6.07, 6.45) is 18.3. The Hall–Kier alpha value is -5.44. The Morgan fingerprint density at radius 3 is 2.01 bits per heavy atom. The first-order valence-electron chi connectivity index (χ1n) is 34.5. The van der Waals surface area contributed by atoms with Crippen LogP contribution < -0.4 is 25.6 Å². The maximum atomic E-state index is 12.9. The summed E-state index contributed by atoms with van der Waals surface area (Å²) in [6.45, 7) is 14.4. The van der Waals surface area contributed by atoms with E-state index < -0.39 is 11.9 Å². The van der Waals surface area contributed by atoms with Gasteiger partial charge in [0.25, 0.3) is 0 Å². The fourth-order valence-corrected chi connectivity index (χ4v) is 12.2. The predicted molar refractivity (Wildman–Crippen MR) is 350 cm³/mol. The number of hydrogen-bond donors (Lipinski definition) is 3. The predicted octanol–water partition coefficient (Wildman–Crippen LogP) is 11.4. The minimum absolute atomic E-state index is 0.0280. The first kappa shape index (κ1) is 78.0. The van der Waals surface area contributed by atoms with Crippen LogP contribution in [0.15, 0.2) is 24.3 Å². The number of aryl methyl sites for hydroxylation is 4. The minimum Gasteiger partial charge on any atom is -0.493 e. The molecule has 1 amide bonds. The number of nitrogens with one attached hydrogen (secondary N) is 3. The molecule has 0 spiro atoms. The second kappa shape index (κ2) is 46.6. The van der Waals surface area contributed by atoms with E-state index in [4.69, 9.17) is 38.0 Å². The topological polar surface area (TPSA) is 246 Å². The van der Waals surface area contributed by atoms with Gasteiger partial charge < -0.3 is 48.6 Å². The molecule has 0 bridgehead atoms. The number of hydroxylamine groups is 1. The van der Waals surface area contributed by atoms with Gasteiger partial charge in [-0.2, -0.15) is 5.48 Å². The lowest BCUT2D eigenvalue weighted by Gasteiger charge is -2.27. The van der Waals surface area contributed by atoms with E-state index >= 15 is 0 Å². The SMILES string of the molecule is CCCC(CCC(=O)CCCCOC(=O)CCCCc1cc2c(cc1CC)C(NC)CCC2)CCC(=O)NCCNOC(=O)CCCOc1cc(C)c(C(C)CC(=O)CCOCCOCCOCCOCCCC(=O)CCCC2C(=O)CC(CC)C2=O)cc1OC. The number of fused-ring (bicyclic) bond motifs is 1. The molecule has 4 rings (SSSR count). The highest BCUT2D eigenvalue weighted by Gasteiger charge is 2.39. The molecule has 3 N–H and O–H groups in total. The molecular weight excluding hydrogens is 1160 g/mol. The van der Waals surface area contributed by atoms with E-state index in [0.717, 1.165) is 62.5 Å². The number of methoxy groups -OCH3 is 1. The fourth-order valence-electron chi connectivity index (χ4n) is 12.2. The van der Waals surface area contributed by atoms with Gasteiger partial charge in [0.2, 0.25) is 5.91 Å². The first-order valence-corrected chi connectivity index (χ1v) is 34.5. The van der Waals surface area contributed by atoms with Crippen molar-refractivity contribution in [3.63, 3.8) is 0 Å². The zero-order valence-electron chi connectivity index (χ0n) is 56.5. The van der Waals surface area contributed by atoms with Crippen LogP contribution in [0.3, 0.4) is 0 Å². The van der Waals surface area contributed by atoms with Gasteiger partial charge in [-0.15, -0.1) is 0 Å². The molecule has 0 saturated heterocycles. The molecule has 2 aliphatic rings. The van der Waals surface area contributed by atoms with Crippen LogP contribution in [0.4, 0.5) is 0 Å². The van der Waals surface area contributed by atoms with E-state index in [1.165, 1.54) is 35.1 Å². The van der Waals surface area contributed by atoms with Crippen LogP contribution in [0, 0.1) is 24.7 Å². The number of unbranched alkanes of at least 4 members (excludes halogenated alkanes) is 2. The van der Waals surface area contributed by atoms with Crippen molar-refractivity contribution in [2.24, 2.45) is 17.8 Å². The normalized spacial score (nSPS) is 16.1. The maximum absolute atomic E-state index is 12.9. The van der Waals surface area contributed by atoms with Gasteiger partial charge >= 0.3 is 11.9 Å². The lowest BCUT2D eigenvalue weighted by atomic mass is 9.83. The number of amides is 1. The molecule has 0 aliphatic heterocycles. The van der Waals surface area contributed by atoms with E-state index in [0.29, 0.717) is 180 Å². The Morgan fingerprint density at radius 1 is 0.637 bits per heavy atom. The lowest BCUT2D eigenvalue weighted by Crippen LogP contribution is -2.33. The molecule has 5 unspecified atom stereocenters. The third kappa shape index (κ3) is 31.4. The van der Waals surface area contributed by atoms with E-state index in [1.807, 2.05) is 40.0 Å². The molecule has 2 aliphatic carbocycles. The van der Waals surface area contributed by atoms with Gasteiger partial charge in [-0.1, -0.05) is 52.7 Å². The highest BCUT2D eigenvalue weighted by Crippen LogP contribution is 2.36. The zero-order chi connectivity index (χ0) is 66.0. The number of carbonyl (C=O) groups is 8. The number of carbonyl (C=O) groups excluding carboxylic acids is 8. The van der Waals surface area contributed by atoms with Crippen molar-refractivity contribution in [3.05, 3.63) is 57.6 Å². The average Bonchev–Trinajstić information content (AvgIpc) is 1.47. The summed E-state index contributed by atoms with van der Waals surface area (Å²) in [5, 5.41) is 6.35. The number of hydrogen-bond acceptors (Lipinski definition) is 18. The third-order valence-corrected chi connectivity index (χ3v) is 17.5. The van der Waals surface area contributed by atoms with Gasteiger partial charge in [0.15, 0.2) is 11.5 Å². The molecule has 0 heterocycles. The van der Waals surface area contributed by atoms with Gasteiger partial charge in [-0.3, -0.25) is 38.4 Å². The Bertz CT molecular complexity index is 2520. The summed E-state index contributed by atoms with van der Waals surface area (Å²) in [7, 11) is 3.61. The average molecular weight is 1280 g/mol. The van der Waals surface area contributed by atoms with Gasteiger partial charge in [0.05, 0.1) is 78.9 Å². The van der Waals surface area contributed by atoms with Crippen LogP contribution >= 0.6 is 0 Å². The summed E-state index contributed by atoms with van der Waals surface area (Å²) in [5.41, 5.74) is 10.3. The van der Waals surface area contributed by atoms with Crippen LogP contribution in [0.1, 0.15) is 234 Å².